The number of furan rings is 1. The largest absolute Gasteiger partial charge is 0.472 e. The van der Waals surface area contributed by atoms with Crippen LogP contribution in [0.3, 0.4) is 0 Å². The van der Waals surface area contributed by atoms with E-state index in [1.165, 1.54) is 23.5 Å². The highest BCUT2D eigenvalue weighted by Crippen LogP contribution is 2.29. The fourth-order valence-corrected chi connectivity index (χ4v) is 2.18. The van der Waals surface area contributed by atoms with E-state index in [-0.39, 0.29) is 12.6 Å². The van der Waals surface area contributed by atoms with Crippen molar-refractivity contribution in [3.8, 4) is 11.1 Å². The lowest BCUT2D eigenvalue weighted by Crippen LogP contribution is -2.27. The quantitative estimate of drug-likeness (QED) is 0.934. The molecule has 5 nitrogen and oxygen atoms in total. The molecule has 0 bridgehead atoms. The first-order chi connectivity index (χ1) is 9.69. The molecule has 2 aromatic rings. The van der Waals surface area contributed by atoms with Crippen LogP contribution in [0.5, 0.6) is 0 Å². The number of rotatable bonds is 3. The molecule has 20 heavy (non-hydrogen) atoms. The molecule has 1 aliphatic heterocycles. The van der Waals surface area contributed by atoms with Gasteiger partial charge in [-0.25, -0.2) is 9.18 Å². The summed E-state index contributed by atoms with van der Waals surface area (Å²) in [4.78, 5) is 13.1. The number of anilines is 1. The van der Waals surface area contributed by atoms with Crippen LogP contribution in [0.4, 0.5) is 14.9 Å². The number of ether oxygens (including phenoxy) is 1. The number of benzene rings is 1. The van der Waals surface area contributed by atoms with Gasteiger partial charge in [0.1, 0.15) is 11.9 Å². The van der Waals surface area contributed by atoms with Gasteiger partial charge in [-0.1, -0.05) is 0 Å². The predicted molar refractivity (Wildman–Crippen MR) is 70.8 cm³/mol. The van der Waals surface area contributed by atoms with Gasteiger partial charge >= 0.3 is 6.09 Å². The summed E-state index contributed by atoms with van der Waals surface area (Å²) in [7, 11) is 0. The molecule has 1 unspecified atom stereocenters. The first kappa shape index (κ1) is 12.7. The summed E-state index contributed by atoms with van der Waals surface area (Å²) in [5.41, 5.74) is 6.99. The number of nitrogens with two attached hydrogens (primary N) is 1. The summed E-state index contributed by atoms with van der Waals surface area (Å²) in [6.45, 7) is 0.581. The minimum atomic E-state index is -0.504. The van der Waals surface area contributed by atoms with Gasteiger partial charge in [0.15, 0.2) is 0 Å². The third-order valence-corrected chi connectivity index (χ3v) is 3.23. The molecule has 6 heteroatoms. The van der Waals surface area contributed by atoms with Gasteiger partial charge in [0, 0.05) is 17.7 Å². The van der Waals surface area contributed by atoms with E-state index < -0.39 is 11.9 Å². The summed E-state index contributed by atoms with van der Waals surface area (Å²) < 4.78 is 24.1. The Morgan fingerprint density at radius 1 is 1.40 bits per heavy atom. The highest BCUT2D eigenvalue weighted by Gasteiger charge is 2.31. The molecular weight excluding hydrogens is 263 g/mol. The second kappa shape index (κ2) is 4.97. The predicted octanol–water partition coefficient (Wildman–Crippen LogP) is 2.37. The van der Waals surface area contributed by atoms with Gasteiger partial charge in [-0.3, -0.25) is 4.90 Å². The summed E-state index contributed by atoms with van der Waals surface area (Å²) in [6, 6.07) is 6.26. The zero-order valence-electron chi connectivity index (χ0n) is 10.6. The van der Waals surface area contributed by atoms with E-state index >= 15 is 0 Å². The lowest BCUT2D eigenvalue weighted by atomic mass is 10.1. The third kappa shape index (κ3) is 2.14. The highest BCUT2D eigenvalue weighted by atomic mass is 19.1. The third-order valence-electron chi connectivity index (χ3n) is 3.23. The minimum Gasteiger partial charge on any atom is -0.472 e. The van der Waals surface area contributed by atoms with Crippen LogP contribution >= 0.6 is 0 Å². The second-order valence-corrected chi connectivity index (χ2v) is 4.53. The Hall–Kier alpha value is -2.34. The van der Waals surface area contributed by atoms with E-state index in [0.717, 1.165) is 0 Å². The fraction of sp³-hybridized carbons (Fsp3) is 0.214. The topological polar surface area (TPSA) is 68.7 Å². The van der Waals surface area contributed by atoms with Crippen molar-refractivity contribution in [2.24, 2.45) is 5.73 Å². The summed E-state index contributed by atoms with van der Waals surface area (Å²) in [5, 5.41) is 0. The van der Waals surface area contributed by atoms with E-state index in [2.05, 4.69) is 0 Å². The van der Waals surface area contributed by atoms with Crippen LogP contribution in [0, 0.1) is 5.82 Å². The number of nitrogens with zero attached hydrogens (tertiary/aromatic N) is 1. The number of cyclic esters (lactones) is 1. The van der Waals surface area contributed by atoms with E-state index in [4.69, 9.17) is 14.9 Å². The van der Waals surface area contributed by atoms with Crippen LogP contribution in [0.1, 0.15) is 0 Å². The number of carbonyl (C=O) groups is 1. The molecule has 1 aromatic carbocycles. The molecule has 1 aliphatic rings. The zero-order valence-corrected chi connectivity index (χ0v) is 10.6. The second-order valence-electron chi connectivity index (χ2n) is 4.53. The van der Waals surface area contributed by atoms with E-state index in [1.807, 2.05) is 0 Å². The molecule has 1 atom stereocenters. The first-order valence-electron chi connectivity index (χ1n) is 6.19. The van der Waals surface area contributed by atoms with Crippen molar-refractivity contribution in [1.82, 2.24) is 0 Å². The maximum atomic E-state index is 14.1. The van der Waals surface area contributed by atoms with Crippen LogP contribution in [-0.4, -0.2) is 25.3 Å². The molecule has 0 aliphatic carbocycles. The van der Waals surface area contributed by atoms with Gasteiger partial charge in [-0.2, -0.15) is 0 Å². The highest BCUT2D eigenvalue weighted by molar-refractivity contribution is 5.90. The van der Waals surface area contributed by atoms with Crippen molar-refractivity contribution >= 4 is 11.8 Å². The summed E-state index contributed by atoms with van der Waals surface area (Å²) >= 11 is 0. The Balaban J connectivity index is 1.89. The molecule has 2 heterocycles. The summed E-state index contributed by atoms with van der Waals surface area (Å²) in [5.74, 6) is -0.423. The average molecular weight is 276 g/mol. The maximum Gasteiger partial charge on any atom is 0.414 e. The Labute approximate surface area is 114 Å². The molecule has 1 amide bonds. The van der Waals surface area contributed by atoms with Crippen molar-refractivity contribution in [2.45, 2.75) is 6.10 Å². The molecule has 1 aromatic heterocycles. The van der Waals surface area contributed by atoms with Crippen molar-refractivity contribution in [3.05, 3.63) is 42.6 Å². The van der Waals surface area contributed by atoms with Crippen LogP contribution in [-0.2, 0) is 4.74 Å². The van der Waals surface area contributed by atoms with Crippen molar-refractivity contribution in [2.75, 3.05) is 18.0 Å². The van der Waals surface area contributed by atoms with E-state index in [0.29, 0.717) is 23.4 Å². The smallest absolute Gasteiger partial charge is 0.414 e. The lowest BCUT2D eigenvalue weighted by molar-refractivity contribution is 0.145. The normalized spacial score (nSPS) is 18.4. The van der Waals surface area contributed by atoms with E-state index in [9.17, 15) is 9.18 Å². The minimum absolute atomic E-state index is 0.248. The Kier molecular flexibility index (Phi) is 3.15. The van der Waals surface area contributed by atoms with Crippen LogP contribution in [0.25, 0.3) is 11.1 Å². The van der Waals surface area contributed by atoms with Gasteiger partial charge in [0.2, 0.25) is 0 Å². The SMILES string of the molecule is NCC1CN(c2ccc(-c3ccoc3)c(F)c2)C(=O)O1. The van der Waals surface area contributed by atoms with Crippen LogP contribution < -0.4 is 10.6 Å². The molecule has 0 radical (unpaired) electrons. The Morgan fingerprint density at radius 2 is 2.25 bits per heavy atom. The molecule has 104 valence electrons. The van der Waals surface area contributed by atoms with E-state index in [1.54, 1.807) is 18.2 Å². The number of amides is 1. The van der Waals surface area contributed by atoms with Gasteiger partial charge in [0.25, 0.3) is 0 Å². The van der Waals surface area contributed by atoms with Gasteiger partial charge in [-0.05, 0) is 24.3 Å². The first-order valence-corrected chi connectivity index (χ1v) is 6.19. The Morgan fingerprint density at radius 3 is 2.85 bits per heavy atom. The van der Waals surface area contributed by atoms with Crippen LogP contribution in [0.15, 0.2) is 41.2 Å². The number of hydrogen-bond acceptors (Lipinski definition) is 4. The van der Waals surface area contributed by atoms with Crippen molar-refractivity contribution in [1.29, 1.82) is 0 Å². The monoisotopic (exact) mass is 276 g/mol. The fourth-order valence-electron chi connectivity index (χ4n) is 2.18. The zero-order chi connectivity index (χ0) is 14.1. The number of halogens is 1. The van der Waals surface area contributed by atoms with Gasteiger partial charge in [-0.15, -0.1) is 0 Å². The molecular formula is C14H13FN2O3. The molecule has 0 spiro atoms. The molecule has 2 N–H and O–H groups in total. The van der Waals surface area contributed by atoms with Crippen molar-refractivity contribution < 1.29 is 18.3 Å². The summed E-state index contributed by atoms with van der Waals surface area (Å²) in [6.07, 6.45) is 2.09. The number of hydrogen-bond donors (Lipinski definition) is 1. The lowest BCUT2D eigenvalue weighted by Gasteiger charge is -2.13. The van der Waals surface area contributed by atoms with Crippen molar-refractivity contribution in [3.63, 3.8) is 0 Å². The molecule has 1 fully saturated rings. The maximum absolute atomic E-state index is 14.1. The van der Waals surface area contributed by atoms with Gasteiger partial charge < -0.3 is 14.9 Å². The molecule has 3 rings (SSSR count). The average Bonchev–Trinajstić information content (AvgIpc) is 3.07. The Bertz CT molecular complexity index is 627. The van der Waals surface area contributed by atoms with Crippen LogP contribution in [0.2, 0.25) is 0 Å². The molecule has 1 saturated heterocycles. The number of carbonyl (C=O) groups excluding carboxylic acids is 1. The standard InChI is InChI=1S/C14H13FN2O3/c15-13-5-10(17-7-11(6-16)20-14(17)18)1-2-12(13)9-3-4-19-8-9/h1-5,8,11H,6-7,16H2. The molecule has 0 saturated carbocycles. The van der Waals surface area contributed by atoms with Gasteiger partial charge in [0.05, 0.1) is 24.8 Å².